The van der Waals surface area contributed by atoms with Gasteiger partial charge in [-0.05, 0) is 23.6 Å². The predicted molar refractivity (Wildman–Crippen MR) is 69.8 cm³/mol. The summed E-state index contributed by atoms with van der Waals surface area (Å²) >= 11 is 0. The van der Waals surface area contributed by atoms with Crippen LogP contribution in [0.15, 0.2) is 24.3 Å². The minimum Gasteiger partial charge on any atom is -0.497 e. The Hall–Kier alpha value is -1.62. The molecule has 3 nitrogen and oxygen atoms in total. The van der Waals surface area contributed by atoms with Gasteiger partial charge in [0.1, 0.15) is 5.75 Å². The van der Waals surface area contributed by atoms with Crippen LogP contribution in [-0.2, 0) is 5.41 Å². The van der Waals surface area contributed by atoms with Gasteiger partial charge >= 0.3 is 0 Å². The maximum atomic E-state index is 13.2. The molecule has 2 aromatic rings. The molecule has 0 radical (unpaired) electrons. The zero-order valence-corrected chi connectivity index (χ0v) is 10.7. The van der Waals surface area contributed by atoms with Crippen molar-refractivity contribution in [3.8, 4) is 5.75 Å². The fraction of sp³-hybridized carbons (Fsp3) is 0.429. The summed E-state index contributed by atoms with van der Waals surface area (Å²) in [5.74, 6) is -1.85. The second-order valence-corrected chi connectivity index (χ2v) is 5.33. The van der Waals surface area contributed by atoms with Crippen molar-refractivity contribution in [3.05, 3.63) is 30.0 Å². The smallest absolute Gasteiger partial charge is 0.250 e. The standard InChI is InChI=1S/C14H16F2N2O/c1-19-10-3-2-9-4-12(18-11(9)5-10)13(8-17)6-14(15,16)7-13/h2-5,18H,6-8,17H2,1H3. The van der Waals surface area contributed by atoms with Gasteiger partial charge in [0.05, 0.1) is 7.11 Å². The van der Waals surface area contributed by atoms with E-state index in [4.69, 9.17) is 10.5 Å². The van der Waals surface area contributed by atoms with E-state index in [0.29, 0.717) is 0 Å². The van der Waals surface area contributed by atoms with Crippen molar-refractivity contribution in [2.75, 3.05) is 13.7 Å². The molecule has 0 spiro atoms. The van der Waals surface area contributed by atoms with Gasteiger partial charge in [-0.2, -0.15) is 0 Å². The third-order valence-electron chi connectivity index (χ3n) is 3.99. The van der Waals surface area contributed by atoms with E-state index in [1.54, 1.807) is 7.11 Å². The third-order valence-corrected chi connectivity index (χ3v) is 3.99. The molecule has 102 valence electrons. The van der Waals surface area contributed by atoms with Gasteiger partial charge in [0.25, 0.3) is 0 Å². The summed E-state index contributed by atoms with van der Waals surface area (Å²) in [5, 5.41) is 0.985. The Morgan fingerprint density at radius 3 is 2.63 bits per heavy atom. The molecule has 5 heteroatoms. The largest absolute Gasteiger partial charge is 0.497 e. The number of H-pyrrole nitrogens is 1. The first-order chi connectivity index (χ1) is 8.98. The highest BCUT2D eigenvalue weighted by molar-refractivity contribution is 5.82. The van der Waals surface area contributed by atoms with Crippen molar-refractivity contribution in [1.29, 1.82) is 0 Å². The van der Waals surface area contributed by atoms with Crippen LogP contribution in [0, 0.1) is 0 Å². The van der Waals surface area contributed by atoms with Gasteiger partial charge in [-0.3, -0.25) is 0 Å². The molecule has 3 N–H and O–H groups in total. The number of nitrogens with one attached hydrogen (secondary N) is 1. The SMILES string of the molecule is COc1ccc2cc(C3(CN)CC(F)(F)C3)[nH]c2c1. The first kappa shape index (κ1) is 12.4. The maximum Gasteiger partial charge on any atom is 0.250 e. The first-order valence-corrected chi connectivity index (χ1v) is 6.23. The fourth-order valence-corrected chi connectivity index (χ4v) is 2.90. The zero-order chi connectivity index (χ0) is 13.7. The van der Waals surface area contributed by atoms with E-state index in [2.05, 4.69) is 4.98 Å². The van der Waals surface area contributed by atoms with Crippen LogP contribution in [0.25, 0.3) is 10.9 Å². The first-order valence-electron chi connectivity index (χ1n) is 6.23. The maximum absolute atomic E-state index is 13.2. The Morgan fingerprint density at radius 1 is 1.32 bits per heavy atom. The molecule has 0 amide bonds. The summed E-state index contributed by atoms with van der Waals surface area (Å²) in [6, 6.07) is 7.54. The van der Waals surface area contributed by atoms with Crippen LogP contribution < -0.4 is 10.5 Å². The Morgan fingerprint density at radius 2 is 2.05 bits per heavy atom. The highest BCUT2D eigenvalue weighted by Gasteiger charge is 2.57. The van der Waals surface area contributed by atoms with Crippen molar-refractivity contribution >= 4 is 10.9 Å². The highest BCUT2D eigenvalue weighted by Crippen LogP contribution is 2.52. The van der Waals surface area contributed by atoms with E-state index >= 15 is 0 Å². The fourth-order valence-electron chi connectivity index (χ4n) is 2.90. The summed E-state index contributed by atoms with van der Waals surface area (Å²) in [6.07, 6.45) is -0.360. The van der Waals surface area contributed by atoms with E-state index in [1.807, 2.05) is 24.3 Å². The lowest BCUT2D eigenvalue weighted by atomic mass is 9.64. The molecule has 19 heavy (non-hydrogen) atoms. The van der Waals surface area contributed by atoms with Crippen LogP contribution in [0.5, 0.6) is 5.75 Å². The lowest BCUT2D eigenvalue weighted by Crippen LogP contribution is -2.53. The van der Waals surface area contributed by atoms with Crippen LogP contribution in [0.1, 0.15) is 18.5 Å². The van der Waals surface area contributed by atoms with Crippen molar-refractivity contribution in [1.82, 2.24) is 4.98 Å². The predicted octanol–water partition coefficient (Wildman–Crippen LogP) is 2.80. The normalized spacial score (nSPS) is 20.2. The van der Waals surface area contributed by atoms with Gasteiger partial charge in [-0.15, -0.1) is 0 Å². The van der Waals surface area contributed by atoms with Crippen LogP contribution in [0.2, 0.25) is 0 Å². The van der Waals surface area contributed by atoms with Gasteiger partial charge in [-0.1, -0.05) is 0 Å². The third kappa shape index (κ3) is 1.89. The van der Waals surface area contributed by atoms with Crippen molar-refractivity contribution in [2.24, 2.45) is 5.73 Å². The molecule has 1 heterocycles. The number of fused-ring (bicyclic) bond motifs is 1. The lowest BCUT2D eigenvalue weighted by molar-refractivity contribution is -0.124. The van der Waals surface area contributed by atoms with Crippen LogP contribution in [-0.4, -0.2) is 24.6 Å². The summed E-state index contributed by atoms with van der Waals surface area (Å²) in [6.45, 7) is 0.229. The summed E-state index contributed by atoms with van der Waals surface area (Å²) in [7, 11) is 1.60. The number of rotatable bonds is 3. The number of methoxy groups -OCH3 is 1. The van der Waals surface area contributed by atoms with Gasteiger partial charge in [0.2, 0.25) is 5.92 Å². The van der Waals surface area contributed by atoms with E-state index < -0.39 is 11.3 Å². The number of aromatic amines is 1. The van der Waals surface area contributed by atoms with E-state index in [0.717, 1.165) is 22.3 Å². The summed E-state index contributed by atoms with van der Waals surface area (Å²) in [4.78, 5) is 3.21. The number of ether oxygens (including phenoxy) is 1. The van der Waals surface area contributed by atoms with E-state index in [-0.39, 0.29) is 19.4 Å². The molecule has 0 saturated heterocycles. The lowest BCUT2D eigenvalue weighted by Gasteiger charge is -2.46. The average Bonchev–Trinajstić information content (AvgIpc) is 2.78. The molecule has 0 aliphatic heterocycles. The molecule has 3 rings (SSSR count). The Kier molecular flexibility index (Phi) is 2.57. The number of halogens is 2. The number of hydrogen-bond acceptors (Lipinski definition) is 2. The Labute approximate surface area is 109 Å². The topological polar surface area (TPSA) is 51.0 Å². The molecular weight excluding hydrogens is 250 g/mol. The minimum absolute atomic E-state index is 0.180. The van der Waals surface area contributed by atoms with Crippen molar-refractivity contribution < 1.29 is 13.5 Å². The van der Waals surface area contributed by atoms with Gasteiger partial charge in [0, 0.05) is 42.1 Å². The van der Waals surface area contributed by atoms with Crippen LogP contribution in [0.3, 0.4) is 0 Å². The molecule has 1 aromatic carbocycles. The van der Waals surface area contributed by atoms with Crippen LogP contribution >= 0.6 is 0 Å². The number of benzene rings is 1. The molecule has 1 saturated carbocycles. The average molecular weight is 266 g/mol. The second-order valence-electron chi connectivity index (χ2n) is 5.33. The van der Waals surface area contributed by atoms with Crippen molar-refractivity contribution in [2.45, 2.75) is 24.2 Å². The molecule has 0 unspecified atom stereocenters. The molecule has 1 fully saturated rings. The Balaban J connectivity index is 2.01. The zero-order valence-electron chi connectivity index (χ0n) is 10.7. The minimum atomic E-state index is -2.59. The highest BCUT2D eigenvalue weighted by atomic mass is 19.3. The van der Waals surface area contributed by atoms with Crippen LogP contribution in [0.4, 0.5) is 8.78 Å². The van der Waals surface area contributed by atoms with Crippen molar-refractivity contribution in [3.63, 3.8) is 0 Å². The number of alkyl halides is 2. The number of aromatic nitrogens is 1. The van der Waals surface area contributed by atoms with Gasteiger partial charge in [0.15, 0.2) is 0 Å². The number of nitrogens with two attached hydrogens (primary N) is 1. The Bertz CT molecular complexity index is 613. The molecule has 0 bridgehead atoms. The van der Waals surface area contributed by atoms with Gasteiger partial charge in [-0.25, -0.2) is 8.78 Å². The van der Waals surface area contributed by atoms with E-state index in [1.165, 1.54) is 0 Å². The molecular formula is C14H16F2N2O. The van der Waals surface area contributed by atoms with Gasteiger partial charge < -0.3 is 15.5 Å². The molecule has 1 aromatic heterocycles. The number of hydrogen-bond donors (Lipinski definition) is 2. The monoisotopic (exact) mass is 266 g/mol. The second kappa shape index (κ2) is 3.93. The van der Waals surface area contributed by atoms with E-state index in [9.17, 15) is 8.78 Å². The summed E-state index contributed by atoms with van der Waals surface area (Å²) in [5.41, 5.74) is 6.79. The summed E-state index contributed by atoms with van der Waals surface area (Å²) < 4.78 is 31.5. The molecule has 0 atom stereocenters. The molecule has 1 aliphatic carbocycles. The molecule has 1 aliphatic rings. The quantitative estimate of drug-likeness (QED) is 0.897.